The van der Waals surface area contributed by atoms with Crippen LogP contribution in [-0.4, -0.2) is 41.0 Å². The third kappa shape index (κ3) is 3.12. The van der Waals surface area contributed by atoms with E-state index in [1.807, 2.05) is 42.0 Å². The van der Waals surface area contributed by atoms with Crippen molar-refractivity contribution in [2.45, 2.75) is 6.04 Å². The molecule has 5 heterocycles. The van der Waals surface area contributed by atoms with Crippen LogP contribution in [0.1, 0.15) is 6.04 Å². The van der Waals surface area contributed by atoms with Gasteiger partial charge in [-0.05, 0) is 30.3 Å². The minimum Gasteiger partial charge on any atom is -0.437 e. The first-order valence-corrected chi connectivity index (χ1v) is 11.0. The SMILES string of the molecule is Cn1cc(-c2cc3c(-c4cn(C5CSC5)nc4-c4ccc(F)cc4)ncnc3o2)cn1. The van der Waals surface area contributed by atoms with Crippen LogP contribution in [0.3, 0.4) is 0 Å². The molecule has 9 heteroatoms. The number of fused-ring (bicyclic) bond motifs is 1. The third-order valence-electron chi connectivity index (χ3n) is 5.42. The van der Waals surface area contributed by atoms with Crippen molar-refractivity contribution in [3.8, 4) is 33.8 Å². The molecule has 31 heavy (non-hydrogen) atoms. The number of nitrogens with zero attached hydrogens (tertiary/aromatic N) is 6. The highest BCUT2D eigenvalue weighted by Gasteiger charge is 2.25. The third-order valence-corrected chi connectivity index (χ3v) is 6.66. The van der Waals surface area contributed by atoms with E-state index in [0.717, 1.165) is 45.0 Å². The maximum Gasteiger partial charge on any atom is 0.230 e. The van der Waals surface area contributed by atoms with Crippen molar-refractivity contribution in [1.29, 1.82) is 0 Å². The molecule has 0 saturated carbocycles. The second-order valence-electron chi connectivity index (χ2n) is 7.52. The van der Waals surface area contributed by atoms with Crippen LogP contribution in [0.25, 0.3) is 44.9 Å². The number of benzene rings is 1. The van der Waals surface area contributed by atoms with Gasteiger partial charge in [-0.15, -0.1) is 0 Å². The van der Waals surface area contributed by atoms with Crippen LogP contribution >= 0.6 is 11.8 Å². The Morgan fingerprint density at radius 2 is 1.90 bits per heavy atom. The molecule has 0 bridgehead atoms. The van der Waals surface area contributed by atoms with E-state index in [0.29, 0.717) is 17.5 Å². The summed E-state index contributed by atoms with van der Waals surface area (Å²) in [5, 5.41) is 9.88. The van der Waals surface area contributed by atoms with E-state index in [-0.39, 0.29) is 5.82 Å². The summed E-state index contributed by atoms with van der Waals surface area (Å²) in [5.74, 6) is 2.46. The first kappa shape index (κ1) is 18.3. The Kier molecular flexibility index (Phi) is 4.17. The number of aryl methyl sites for hydroxylation is 1. The Balaban J connectivity index is 1.54. The van der Waals surface area contributed by atoms with Gasteiger partial charge in [0.05, 0.1) is 28.9 Å². The summed E-state index contributed by atoms with van der Waals surface area (Å²) >= 11 is 1.90. The molecule has 0 unspecified atom stereocenters. The topological polar surface area (TPSA) is 74.6 Å². The molecule has 1 aliphatic rings. The molecule has 0 aliphatic carbocycles. The molecular weight excluding hydrogens is 415 g/mol. The van der Waals surface area contributed by atoms with Gasteiger partial charge in [-0.25, -0.2) is 14.4 Å². The number of furan rings is 1. The van der Waals surface area contributed by atoms with Crippen LogP contribution in [0.15, 0.2) is 59.7 Å². The van der Waals surface area contributed by atoms with Crippen LogP contribution in [0.4, 0.5) is 4.39 Å². The maximum absolute atomic E-state index is 13.5. The van der Waals surface area contributed by atoms with Crippen molar-refractivity contribution in [1.82, 2.24) is 29.5 Å². The lowest BCUT2D eigenvalue weighted by Crippen LogP contribution is -2.23. The zero-order valence-corrected chi connectivity index (χ0v) is 17.4. The van der Waals surface area contributed by atoms with Crippen molar-refractivity contribution in [3.05, 3.63) is 61.1 Å². The number of aromatic nitrogens is 6. The van der Waals surface area contributed by atoms with E-state index < -0.39 is 0 Å². The van der Waals surface area contributed by atoms with Crippen molar-refractivity contribution in [2.24, 2.45) is 7.05 Å². The van der Waals surface area contributed by atoms with E-state index in [9.17, 15) is 4.39 Å². The molecule has 1 fully saturated rings. The molecule has 154 valence electrons. The molecule has 5 aromatic rings. The standard InChI is InChI=1S/C22H17FN6OS/c1-28-8-14(7-26-28)19-6-17-21(24-12-25-22(17)30-19)18-9-29(16-10-31-11-16)27-20(18)13-2-4-15(23)5-3-13/h2-9,12,16H,10-11H2,1H3. The van der Waals surface area contributed by atoms with Gasteiger partial charge in [0.25, 0.3) is 0 Å². The molecule has 0 atom stereocenters. The highest BCUT2D eigenvalue weighted by atomic mass is 32.2. The minimum absolute atomic E-state index is 0.277. The fraction of sp³-hybridized carbons (Fsp3) is 0.182. The van der Waals surface area contributed by atoms with Crippen LogP contribution in [0.2, 0.25) is 0 Å². The average Bonchev–Trinajstić information content (AvgIpc) is 3.45. The van der Waals surface area contributed by atoms with Crippen LogP contribution in [0, 0.1) is 5.82 Å². The van der Waals surface area contributed by atoms with E-state index in [1.165, 1.54) is 18.5 Å². The molecule has 0 amide bonds. The molecule has 1 aliphatic heterocycles. The Morgan fingerprint density at radius 1 is 1.06 bits per heavy atom. The van der Waals surface area contributed by atoms with Crippen molar-refractivity contribution in [2.75, 3.05) is 11.5 Å². The molecule has 4 aromatic heterocycles. The molecule has 7 nitrogen and oxygen atoms in total. The van der Waals surface area contributed by atoms with Gasteiger partial charge in [0, 0.05) is 42.1 Å². The normalized spacial score (nSPS) is 14.3. The number of thioether (sulfide) groups is 1. The number of hydrogen-bond acceptors (Lipinski definition) is 6. The predicted molar refractivity (Wildman–Crippen MR) is 117 cm³/mol. The first-order chi connectivity index (χ1) is 15.2. The Morgan fingerprint density at radius 3 is 2.61 bits per heavy atom. The fourth-order valence-corrected chi connectivity index (χ4v) is 4.46. The molecule has 0 N–H and O–H groups in total. The highest BCUT2D eigenvalue weighted by molar-refractivity contribution is 8.00. The molecule has 0 spiro atoms. The van der Waals surface area contributed by atoms with Crippen molar-refractivity contribution in [3.63, 3.8) is 0 Å². The predicted octanol–water partition coefficient (Wildman–Crippen LogP) is 4.58. The molecule has 1 aromatic carbocycles. The summed E-state index contributed by atoms with van der Waals surface area (Å²) < 4.78 is 23.2. The average molecular weight is 432 g/mol. The second-order valence-corrected chi connectivity index (χ2v) is 8.60. The van der Waals surface area contributed by atoms with Gasteiger partial charge in [0.15, 0.2) is 0 Å². The second kappa shape index (κ2) is 7.05. The van der Waals surface area contributed by atoms with Gasteiger partial charge in [0.1, 0.15) is 23.6 Å². The zero-order valence-electron chi connectivity index (χ0n) is 16.6. The molecular formula is C22H17FN6OS. The molecule has 1 saturated heterocycles. The smallest absolute Gasteiger partial charge is 0.230 e. The molecule has 6 rings (SSSR count). The maximum atomic E-state index is 13.5. The van der Waals surface area contributed by atoms with Crippen LogP contribution in [-0.2, 0) is 7.05 Å². The van der Waals surface area contributed by atoms with Gasteiger partial charge in [-0.2, -0.15) is 22.0 Å². The largest absolute Gasteiger partial charge is 0.437 e. The van der Waals surface area contributed by atoms with Crippen molar-refractivity contribution < 1.29 is 8.81 Å². The first-order valence-electron chi connectivity index (χ1n) is 9.82. The van der Waals surface area contributed by atoms with Crippen LogP contribution in [0.5, 0.6) is 0 Å². The van der Waals surface area contributed by atoms with E-state index >= 15 is 0 Å². The van der Waals surface area contributed by atoms with Gasteiger partial charge < -0.3 is 4.42 Å². The minimum atomic E-state index is -0.277. The quantitative estimate of drug-likeness (QED) is 0.414. The molecule has 0 radical (unpaired) electrons. The summed E-state index contributed by atoms with van der Waals surface area (Å²) in [7, 11) is 1.86. The fourth-order valence-electron chi connectivity index (χ4n) is 3.71. The van der Waals surface area contributed by atoms with Crippen LogP contribution < -0.4 is 0 Å². The summed E-state index contributed by atoms with van der Waals surface area (Å²) in [4.78, 5) is 8.90. The lowest BCUT2D eigenvalue weighted by Gasteiger charge is -2.24. The van der Waals surface area contributed by atoms with Gasteiger partial charge >= 0.3 is 0 Å². The Bertz CT molecular complexity index is 1400. The summed E-state index contributed by atoms with van der Waals surface area (Å²) in [6.07, 6.45) is 7.17. The van der Waals surface area contributed by atoms with Gasteiger partial charge in [-0.3, -0.25) is 9.36 Å². The lowest BCUT2D eigenvalue weighted by atomic mass is 10.0. The number of halogens is 1. The summed E-state index contributed by atoms with van der Waals surface area (Å²) in [5.41, 5.74) is 4.58. The van der Waals surface area contributed by atoms with Crippen molar-refractivity contribution >= 4 is 22.9 Å². The summed E-state index contributed by atoms with van der Waals surface area (Å²) in [6, 6.07) is 8.68. The van der Waals surface area contributed by atoms with E-state index in [4.69, 9.17) is 9.52 Å². The summed E-state index contributed by atoms with van der Waals surface area (Å²) in [6.45, 7) is 0. The number of hydrogen-bond donors (Lipinski definition) is 0. The zero-order chi connectivity index (χ0) is 20.9. The Hall–Kier alpha value is -3.46. The van der Waals surface area contributed by atoms with E-state index in [1.54, 1.807) is 23.0 Å². The van der Waals surface area contributed by atoms with E-state index in [2.05, 4.69) is 15.1 Å². The van der Waals surface area contributed by atoms with Gasteiger partial charge in [0.2, 0.25) is 5.71 Å². The highest BCUT2D eigenvalue weighted by Crippen LogP contribution is 2.38. The monoisotopic (exact) mass is 432 g/mol. The van der Waals surface area contributed by atoms with Gasteiger partial charge in [-0.1, -0.05) is 0 Å². The number of rotatable bonds is 4. The Labute approximate surface area is 180 Å². The lowest BCUT2D eigenvalue weighted by molar-refractivity contribution is 0.528.